The number of aliphatic hydroxyl groups is 3. The van der Waals surface area contributed by atoms with E-state index in [0.29, 0.717) is 5.56 Å². The van der Waals surface area contributed by atoms with Crippen molar-refractivity contribution >= 4 is 11.8 Å². The van der Waals surface area contributed by atoms with Crippen LogP contribution in [-0.2, 0) is 4.79 Å². The minimum atomic E-state index is -0.755. The number of hydrogen-bond acceptors (Lipinski definition) is 6. The van der Waals surface area contributed by atoms with Gasteiger partial charge in [-0.25, -0.2) is 0 Å². The van der Waals surface area contributed by atoms with Crippen LogP contribution in [-0.4, -0.2) is 65.2 Å². The molecule has 1 rings (SSSR count). The number of aliphatic hydroxyl groups excluding tert-OH is 3. The van der Waals surface area contributed by atoms with Crippen LogP contribution >= 0.6 is 0 Å². The van der Waals surface area contributed by atoms with Crippen molar-refractivity contribution in [3.05, 3.63) is 29.8 Å². The number of aromatic hydroxyl groups is 1. The average Bonchev–Trinajstić information content (AvgIpc) is 2.58. The van der Waals surface area contributed by atoms with Crippen LogP contribution in [0.2, 0.25) is 0 Å². The molecule has 0 spiro atoms. The van der Waals surface area contributed by atoms with Crippen molar-refractivity contribution in [2.45, 2.75) is 13.8 Å². The molecular weight excluding hydrogens is 316 g/mol. The van der Waals surface area contributed by atoms with E-state index in [9.17, 15) is 9.59 Å². The fourth-order valence-corrected chi connectivity index (χ4v) is 1.36. The van der Waals surface area contributed by atoms with E-state index in [1.165, 1.54) is 24.3 Å². The first kappa shape index (κ1) is 21.8. The van der Waals surface area contributed by atoms with E-state index in [1.807, 2.05) is 0 Å². The number of phenols is 1. The standard InChI is InChI=1S/C9H11NO3.C7H15NO3/c11-6-5-10-9(13)7-1-3-8(12)4-2-7;1-7(2,5-10)6(11)8-3-4-9/h1-4,11-12H,5-6H2,(H,10,13);9-10H,3-5H2,1-2H3,(H,8,11). The minimum Gasteiger partial charge on any atom is -0.508 e. The molecule has 0 atom stereocenters. The lowest BCUT2D eigenvalue weighted by Crippen LogP contribution is -2.40. The fourth-order valence-electron chi connectivity index (χ4n) is 1.36. The Morgan fingerprint density at radius 2 is 1.46 bits per heavy atom. The topological polar surface area (TPSA) is 139 Å². The Balaban J connectivity index is 0.000000449. The quantitative estimate of drug-likeness (QED) is 0.384. The van der Waals surface area contributed by atoms with Crippen LogP contribution in [0.25, 0.3) is 0 Å². The van der Waals surface area contributed by atoms with Crippen LogP contribution in [0.3, 0.4) is 0 Å². The van der Waals surface area contributed by atoms with E-state index < -0.39 is 5.41 Å². The number of nitrogens with one attached hydrogen (secondary N) is 2. The molecule has 2 amide bonds. The summed E-state index contributed by atoms with van der Waals surface area (Å²) in [7, 11) is 0. The van der Waals surface area contributed by atoms with Gasteiger partial charge in [-0.05, 0) is 38.1 Å². The van der Waals surface area contributed by atoms with Gasteiger partial charge in [0.15, 0.2) is 0 Å². The van der Waals surface area contributed by atoms with E-state index in [4.69, 9.17) is 20.4 Å². The maximum Gasteiger partial charge on any atom is 0.251 e. The minimum absolute atomic E-state index is 0.0761. The van der Waals surface area contributed by atoms with Crippen molar-refractivity contribution in [2.75, 3.05) is 32.9 Å². The van der Waals surface area contributed by atoms with Crippen LogP contribution < -0.4 is 10.6 Å². The van der Waals surface area contributed by atoms with Crippen LogP contribution in [0.1, 0.15) is 24.2 Å². The summed E-state index contributed by atoms with van der Waals surface area (Å²) in [6, 6.07) is 5.91. The molecule has 0 saturated heterocycles. The summed E-state index contributed by atoms with van der Waals surface area (Å²) in [4.78, 5) is 22.3. The molecule has 8 heteroatoms. The molecule has 136 valence electrons. The second-order valence-electron chi connectivity index (χ2n) is 5.55. The van der Waals surface area contributed by atoms with Gasteiger partial charge < -0.3 is 31.1 Å². The molecule has 0 heterocycles. The van der Waals surface area contributed by atoms with E-state index in [2.05, 4.69) is 10.6 Å². The Labute approximate surface area is 141 Å². The number of carbonyl (C=O) groups is 2. The summed E-state index contributed by atoms with van der Waals surface area (Å²) in [5, 5.41) is 39.5. The number of phenolic OH excluding ortho intramolecular Hbond substituents is 1. The lowest BCUT2D eigenvalue weighted by Gasteiger charge is -2.19. The summed E-state index contributed by atoms with van der Waals surface area (Å²) in [6.45, 7) is 3.41. The number of amides is 2. The first-order chi connectivity index (χ1) is 11.3. The maximum absolute atomic E-state index is 11.2. The van der Waals surface area contributed by atoms with Crippen molar-refractivity contribution in [3.8, 4) is 5.75 Å². The van der Waals surface area contributed by atoms with E-state index in [-0.39, 0.29) is 50.5 Å². The summed E-state index contributed by atoms with van der Waals surface area (Å²) in [5.41, 5.74) is -0.291. The van der Waals surface area contributed by atoms with Crippen LogP contribution in [0, 0.1) is 5.41 Å². The van der Waals surface area contributed by atoms with E-state index >= 15 is 0 Å². The summed E-state index contributed by atoms with van der Waals surface area (Å²) in [5.74, 6) is -0.373. The van der Waals surface area contributed by atoms with Crippen molar-refractivity contribution in [1.29, 1.82) is 0 Å². The zero-order valence-corrected chi connectivity index (χ0v) is 14.0. The lowest BCUT2D eigenvalue weighted by atomic mass is 9.94. The molecule has 0 aliphatic rings. The zero-order valence-electron chi connectivity index (χ0n) is 14.0. The van der Waals surface area contributed by atoms with Crippen molar-refractivity contribution in [2.24, 2.45) is 5.41 Å². The molecule has 0 bridgehead atoms. The smallest absolute Gasteiger partial charge is 0.251 e. The molecule has 0 unspecified atom stereocenters. The third-order valence-corrected chi connectivity index (χ3v) is 2.93. The second-order valence-corrected chi connectivity index (χ2v) is 5.55. The van der Waals surface area contributed by atoms with Gasteiger partial charge in [0, 0.05) is 18.7 Å². The van der Waals surface area contributed by atoms with Gasteiger partial charge in [0.2, 0.25) is 5.91 Å². The Morgan fingerprint density at radius 3 is 1.92 bits per heavy atom. The molecule has 1 aromatic rings. The largest absolute Gasteiger partial charge is 0.508 e. The van der Waals surface area contributed by atoms with Crippen molar-refractivity contribution in [3.63, 3.8) is 0 Å². The highest BCUT2D eigenvalue weighted by atomic mass is 16.3. The molecule has 0 aliphatic heterocycles. The Bertz CT molecular complexity index is 502. The van der Waals surface area contributed by atoms with Gasteiger partial charge in [-0.3, -0.25) is 9.59 Å². The molecule has 24 heavy (non-hydrogen) atoms. The number of carbonyl (C=O) groups excluding carboxylic acids is 2. The Morgan fingerprint density at radius 1 is 0.958 bits per heavy atom. The molecule has 8 nitrogen and oxygen atoms in total. The van der Waals surface area contributed by atoms with Gasteiger partial charge in [-0.2, -0.15) is 0 Å². The highest BCUT2D eigenvalue weighted by Gasteiger charge is 2.25. The number of benzene rings is 1. The monoisotopic (exact) mass is 342 g/mol. The van der Waals surface area contributed by atoms with E-state index in [0.717, 1.165) is 0 Å². The highest BCUT2D eigenvalue weighted by molar-refractivity contribution is 5.94. The van der Waals surface area contributed by atoms with Crippen molar-refractivity contribution in [1.82, 2.24) is 10.6 Å². The molecule has 0 fully saturated rings. The van der Waals surface area contributed by atoms with Gasteiger partial charge in [-0.15, -0.1) is 0 Å². The van der Waals surface area contributed by atoms with Gasteiger partial charge in [-0.1, -0.05) is 0 Å². The normalized spacial score (nSPS) is 10.4. The summed E-state index contributed by atoms with van der Waals surface area (Å²) >= 11 is 0. The second kappa shape index (κ2) is 11.4. The molecule has 1 aromatic carbocycles. The van der Waals surface area contributed by atoms with E-state index in [1.54, 1.807) is 13.8 Å². The van der Waals surface area contributed by atoms with Crippen LogP contribution in [0.4, 0.5) is 0 Å². The van der Waals surface area contributed by atoms with Gasteiger partial charge in [0.25, 0.3) is 5.91 Å². The molecule has 0 saturated carbocycles. The summed E-state index contributed by atoms with van der Waals surface area (Å²) in [6.07, 6.45) is 0. The molecule has 6 N–H and O–H groups in total. The maximum atomic E-state index is 11.2. The van der Waals surface area contributed by atoms with Crippen molar-refractivity contribution < 1.29 is 30.0 Å². The third-order valence-electron chi connectivity index (χ3n) is 2.93. The average molecular weight is 342 g/mol. The molecule has 0 radical (unpaired) electrons. The predicted molar refractivity (Wildman–Crippen MR) is 88.5 cm³/mol. The first-order valence-electron chi connectivity index (χ1n) is 7.46. The van der Waals surface area contributed by atoms with Crippen LogP contribution in [0.5, 0.6) is 5.75 Å². The van der Waals surface area contributed by atoms with Crippen LogP contribution in [0.15, 0.2) is 24.3 Å². The van der Waals surface area contributed by atoms with Gasteiger partial charge >= 0.3 is 0 Å². The Hall–Kier alpha value is -2.16. The predicted octanol–water partition coefficient (Wildman–Crippen LogP) is -0.772. The number of rotatable bonds is 7. The summed E-state index contributed by atoms with van der Waals surface area (Å²) < 4.78 is 0. The fraction of sp³-hybridized carbons (Fsp3) is 0.500. The third kappa shape index (κ3) is 8.47. The zero-order chi connectivity index (χ0) is 18.6. The Kier molecular flexibility index (Phi) is 10.4. The molecule has 0 aromatic heterocycles. The van der Waals surface area contributed by atoms with Gasteiger partial charge in [0.1, 0.15) is 5.75 Å². The number of hydrogen-bond donors (Lipinski definition) is 6. The first-order valence-corrected chi connectivity index (χ1v) is 7.46. The molecular formula is C16H26N2O6. The highest BCUT2D eigenvalue weighted by Crippen LogP contribution is 2.12. The lowest BCUT2D eigenvalue weighted by molar-refractivity contribution is -0.131. The SMILES string of the molecule is CC(C)(CO)C(=O)NCCO.O=C(NCCO)c1ccc(O)cc1. The molecule has 0 aliphatic carbocycles. The van der Waals surface area contributed by atoms with Gasteiger partial charge in [0.05, 0.1) is 25.2 Å².